The van der Waals surface area contributed by atoms with Crippen molar-refractivity contribution in [3.8, 4) is 0 Å². The van der Waals surface area contributed by atoms with Gasteiger partial charge >= 0.3 is 0 Å². The highest BCUT2D eigenvalue weighted by atomic mass is 35.5. The van der Waals surface area contributed by atoms with E-state index in [0.29, 0.717) is 22.5 Å². The molecule has 0 bridgehead atoms. The van der Waals surface area contributed by atoms with E-state index < -0.39 is 11.3 Å². The maximum absolute atomic E-state index is 10.9. The summed E-state index contributed by atoms with van der Waals surface area (Å²) in [6, 6.07) is 13.0. The number of nitrogens with one attached hydrogen (secondary N) is 3. The van der Waals surface area contributed by atoms with Crippen LogP contribution in [0.4, 0.5) is 29.0 Å². The summed E-state index contributed by atoms with van der Waals surface area (Å²) < 4.78 is 24.2. The summed E-state index contributed by atoms with van der Waals surface area (Å²) in [6.07, 6.45) is 3.31. The maximum Gasteiger partial charge on any atom is 0.229 e. The van der Waals surface area contributed by atoms with E-state index in [0.717, 1.165) is 54.3 Å². The van der Waals surface area contributed by atoms with Crippen molar-refractivity contribution < 1.29 is 8.76 Å². The topological polar surface area (TPSA) is 134 Å². The van der Waals surface area contributed by atoms with Gasteiger partial charge in [0.15, 0.2) is 5.82 Å². The van der Waals surface area contributed by atoms with E-state index in [2.05, 4.69) is 47.2 Å². The molecule has 192 valence electrons. The van der Waals surface area contributed by atoms with Gasteiger partial charge in [-0.15, -0.1) is 0 Å². The lowest BCUT2D eigenvalue weighted by Gasteiger charge is -2.33. The van der Waals surface area contributed by atoms with Crippen LogP contribution in [-0.4, -0.2) is 66.8 Å². The summed E-state index contributed by atoms with van der Waals surface area (Å²) in [5.74, 6) is 1.60. The molecule has 0 saturated carbocycles. The quantitative estimate of drug-likeness (QED) is 0.287. The van der Waals surface area contributed by atoms with E-state index >= 15 is 0 Å². The van der Waals surface area contributed by atoms with Crippen molar-refractivity contribution >= 4 is 62.9 Å². The Morgan fingerprint density at radius 1 is 1.00 bits per heavy atom. The summed E-state index contributed by atoms with van der Waals surface area (Å²) in [4.78, 5) is 22.8. The molecule has 3 N–H and O–H groups in total. The third-order valence-electron chi connectivity index (χ3n) is 6.01. The number of hydrogen-bond acceptors (Lipinski definition) is 10. The molecular formula is C24H25ClN9O2S-. The number of fused-ring (bicyclic) bond motifs is 1. The minimum absolute atomic E-state index is 0.127. The second kappa shape index (κ2) is 11.3. The molecule has 37 heavy (non-hydrogen) atoms. The van der Waals surface area contributed by atoms with Crippen LogP contribution in [0.3, 0.4) is 0 Å². The van der Waals surface area contributed by atoms with Crippen LogP contribution in [0.2, 0.25) is 5.02 Å². The fourth-order valence-corrected chi connectivity index (χ4v) is 4.38. The molecule has 2 aromatic heterocycles. The van der Waals surface area contributed by atoms with Crippen LogP contribution >= 0.6 is 11.6 Å². The number of rotatable bonds is 8. The van der Waals surface area contributed by atoms with E-state index in [9.17, 15) is 8.76 Å². The Morgan fingerprint density at radius 3 is 2.62 bits per heavy atom. The van der Waals surface area contributed by atoms with Crippen molar-refractivity contribution in [3.63, 3.8) is 0 Å². The number of anilines is 5. The molecule has 1 saturated heterocycles. The van der Waals surface area contributed by atoms with Gasteiger partial charge in [0.2, 0.25) is 5.95 Å². The van der Waals surface area contributed by atoms with Crippen molar-refractivity contribution in [2.45, 2.75) is 6.54 Å². The zero-order chi connectivity index (χ0) is 25.8. The molecule has 1 aliphatic heterocycles. The highest BCUT2D eigenvalue weighted by molar-refractivity contribution is 7.77. The Balaban J connectivity index is 1.32. The molecule has 4 aromatic rings. The molecule has 13 heteroatoms. The lowest BCUT2D eigenvalue weighted by Crippen LogP contribution is -2.44. The Kier molecular flexibility index (Phi) is 7.72. The van der Waals surface area contributed by atoms with Gasteiger partial charge in [-0.05, 0) is 36.9 Å². The molecule has 3 heterocycles. The largest absolute Gasteiger partial charge is 0.760 e. The second-order valence-electron chi connectivity index (χ2n) is 8.58. The fourth-order valence-electron chi connectivity index (χ4n) is 3.97. The van der Waals surface area contributed by atoms with Crippen LogP contribution in [0.5, 0.6) is 0 Å². The summed E-state index contributed by atoms with van der Waals surface area (Å²) in [6.45, 7) is 4.00. The Morgan fingerprint density at radius 2 is 1.81 bits per heavy atom. The standard InChI is InChI=1S/C24H26ClN9O2S/c1-33-8-10-34(11-9-33)22-15-26-21-12-17(6-7-20(21)30-22)29-24-27-14-18(25)23(32-24)31-19-5-3-2-4-16(19)13-28-37(35)36/h2-7,12,14-15,28H,8-11,13H2,1H3,(H,35,36)(H2,27,29,31,32)/p-1. The maximum atomic E-state index is 10.9. The van der Waals surface area contributed by atoms with Gasteiger partial charge < -0.3 is 25.0 Å². The molecule has 0 aliphatic carbocycles. The second-order valence-corrected chi connectivity index (χ2v) is 9.74. The monoisotopic (exact) mass is 538 g/mol. The first kappa shape index (κ1) is 25.2. The first-order valence-electron chi connectivity index (χ1n) is 11.6. The number of halogens is 1. The molecule has 0 spiro atoms. The normalized spacial score (nSPS) is 15.1. The van der Waals surface area contributed by atoms with E-state index in [1.54, 1.807) is 0 Å². The minimum Gasteiger partial charge on any atom is -0.760 e. The molecule has 11 nitrogen and oxygen atoms in total. The van der Waals surface area contributed by atoms with Crippen molar-refractivity contribution in [1.29, 1.82) is 0 Å². The van der Waals surface area contributed by atoms with Crippen molar-refractivity contribution in [2.24, 2.45) is 0 Å². The number of aromatic nitrogens is 4. The smallest absolute Gasteiger partial charge is 0.229 e. The molecule has 0 radical (unpaired) electrons. The van der Waals surface area contributed by atoms with Gasteiger partial charge in [0.25, 0.3) is 0 Å². The third kappa shape index (κ3) is 6.29. The number of likely N-dealkylation sites (N-methyl/N-ethyl adjacent to an activating group) is 1. The summed E-state index contributed by atoms with van der Waals surface area (Å²) in [5.41, 5.74) is 3.73. The molecule has 1 atom stereocenters. The van der Waals surface area contributed by atoms with Crippen LogP contribution in [0, 0.1) is 0 Å². The SMILES string of the molecule is CN1CCN(c2cnc3cc(Nc4ncc(Cl)c(Nc5ccccc5CNS(=O)[O-])n4)ccc3n2)CC1. The molecule has 1 unspecified atom stereocenters. The van der Waals surface area contributed by atoms with Crippen LogP contribution < -0.4 is 20.3 Å². The van der Waals surface area contributed by atoms with Crippen LogP contribution in [-0.2, 0) is 17.8 Å². The lowest BCUT2D eigenvalue weighted by molar-refractivity contribution is 0.312. The zero-order valence-corrected chi connectivity index (χ0v) is 21.6. The van der Waals surface area contributed by atoms with Crippen molar-refractivity contribution in [1.82, 2.24) is 29.6 Å². The van der Waals surface area contributed by atoms with Gasteiger partial charge in [-0.3, -0.25) is 9.19 Å². The average molecular weight is 539 g/mol. The van der Waals surface area contributed by atoms with Crippen molar-refractivity contribution in [3.05, 3.63) is 65.4 Å². The molecule has 0 amide bonds. The fraction of sp³-hybridized carbons (Fsp3) is 0.250. The number of para-hydroxylation sites is 1. The molecule has 5 rings (SSSR count). The first-order valence-corrected chi connectivity index (χ1v) is 13.1. The van der Waals surface area contributed by atoms with E-state index in [1.165, 1.54) is 6.20 Å². The zero-order valence-electron chi connectivity index (χ0n) is 20.0. The number of benzene rings is 2. The van der Waals surface area contributed by atoms with E-state index in [-0.39, 0.29) is 6.54 Å². The summed E-state index contributed by atoms with van der Waals surface area (Å²) in [7, 11) is 2.12. The van der Waals surface area contributed by atoms with Gasteiger partial charge in [-0.25, -0.2) is 14.7 Å². The van der Waals surface area contributed by atoms with E-state index in [1.807, 2.05) is 48.7 Å². The van der Waals surface area contributed by atoms with Gasteiger partial charge in [0.05, 0.1) is 23.4 Å². The molecule has 1 aliphatic rings. The average Bonchev–Trinajstić information content (AvgIpc) is 2.90. The Bertz CT molecular complexity index is 1430. The summed E-state index contributed by atoms with van der Waals surface area (Å²) in [5, 5.41) is 6.68. The predicted molar refractivity (Wildman–Crippen MR) is 145 cm³/mol. The lowest BCUT2D eigenvalue weighted by atomic mass is 10.2. The summed E-state index contributed by atoms with van der Waals surface area (Å²) >= 11 is 3.97. The number of nitrogens with zero attached hydrogens (tertiary/aromatic N) is 6. The number of hydrogen-bond donors (Lipinski definition) is 3. The van der Waals surface area contributed by atoms with Crippen LogP contribution in [0.15, 0.2) is 54.9 Å². The first-order chi connectivity index (χ1) is 17.9. The number of piperazine rings is 1. The van der Waals surface area contributed by atoms with Crippen LogP contribution in [0.1, 0.15) is 5.56 Å². The van der Waals surface area contributed by atoms with Crippen LogP contribution in [0.25, 0.3) is 11.0 Å². The molecule has 1 fully saturated rings. The molecule has 2 aromatic carbocycles. The minimum atomic E-state index is -2.37. The van der Waals surface area contributed by atoms with Crippen molar-refractivity contribution in [2.75, 3.05) is 48.8 Å². The Labute approximate surface area is 221 Å². The third-order valence-corrected chi connectivity index (χ3v) is 6.66. The van der Waals surface area contributed by atoms with Gasteiger partial charge in [-0.2, -0.15) is 4.98 Å². The van der Waals surface area contributed by atoms with E-state index in [4.69, 9.17) is 16.6 Å². The van der Waals surface area contributed by atoms with Gasteiger partial charge in [0.1, 0.15) is 10.8 Å². The van der Waals surface area contributed by atoms with Gasteiger partial charge in [0, 0.05) is 55.4 Å². The predicted octanol–water partition coefficient (Wildman–Crippen LogP) is 3.20. The Hall–Kier alpha value is -3.42. The highest BCUT2D eigenvalue weighted by Gasteiger charge is 2.16. The highest BCUT2D eigenvalue weighted by Crippen LogP contribution is 2.27. The molecular weight excluding hydrogens is 514 g/mol. The van der Waals surface area contributed by atoms with Gasteiger partial charge in [-0.1, -0.05) is 29.8 Å².